The lowest BCUT2D eigenvalue weighted by molar-refractivity contribution is 0.0372. The largest absolute Gasteiger partial charge is 0.379 e. The van der Waals surface area contributed by atoms with Crippen molar-refractivity contribution in [1.82, 2.24) is 15.5 Å². The normalized spacial score (nSPS) is 20.8. The second-order valence-electron chi connectivity index (χ2n) is 8.32. The number of nitrogens with one attached hydrogen (secondary N) is 2. The molecule has 5 nitrogen and oxygen atoms in total. The Hall–Kier alpha value is -0.0800. The fourth-order valence-corrected chi connectivity index (χ4v) is 4.43. The fourth-order valence-electron chi connectivity index (χ4n) is 4.43. The Balaban J connectivity index is 0.00000338. The molecule has 26 heavy (non-hydrogen) atoms. The summed E-state index contributed by atoms with van der Waals surface area (Å²) in [5.41, 5.74) is 0.488. The quantitative estimate of drug-likeness (QED) is 0.230. The first-order valence-electron chi connectivity index (χ1n) is 10.4. The number of rotatable bonds is 9. The highest BCUT2D eigenvalue weighted by Gasteiger charge is 2.34. The van der Waals surface area contributed by atoms with Crippen molar-refractivity contribution in [3.05, 3.63) is 0 Å². The molecule has 0 spiro atoms. The first-order chi connectivity index (χ1) is 12.1. The van der Waals surface area contributed by atoms with Crippen LogP contribution in [0.2, 0.25) is 0 Å². The molecule has 0 radical (unpaired) electrons. The Morgan fingerprint density at radius 1 is 1.12 bits per heavy atom. The van der Waals surface area contributed by atoms with E-state index in [1.165, 1.54) is 51.5 Å². The monoisotopic (exact) mass is 480 g/mol. The third-order valence-corrected chi connectivity index (χ3v) is 5.66. The van der Waals surface area contributed by atoms with Crippen molar-refractivity contribution in [2.75, 3.05) is 53.0 Å². The molecule has 1 heterocycles. The maximum atomic E-state index is 5.40. The second-order valence-corrected chi connectivity index (χ2v) is 8.32. The molecule has 1 saturated carbocycles. The number of hydrogen-bond acceptors (Lipinski definition) is 3. The van der Waals surface area contributed by atoms with Crippen LogP contribution in [0.15, 0.2) is 4.99 Å². The van der Waals surface area contributed by atoms with Crippen molar-refractivity contribution in [2.45, 2.75) is 58.8 Å². The second kappa shape index (κ2) is 13.2. The first kappa shape index (κ1) is 24.0. The van der Waals surface area contributed by atoms with Crippen molar-refractivity contribution in [1.29, 1.82) is 0 Å². The van der Waals surface area contributed by atoms with Gasteiger partial charge in [-0.05, 0) is 50.0 Å². The van der Waals surface area contributed by atoms with E-state index in [2.05, 4.69) is 34.4 Å². The van der Waals surface area contributed by atoms with E-state index in [0.717, 1.165) is 51.3 Å². The molecular formula is C20H41IN4O. The minimum atomic E-state index is 0. The average Bonchev–Trinajstić information content (AvgIpc) is 3.06. The highest BCUT2D eigenvalue weighted by molar-refractivity contribution is 14.0. The summed E-state index contributed by atoms with van der Waals surface area (Å²) in [6.45, 7) is 11.9. The van der Waals surface area contributed by atoms with E-state index in [0.29, 0.717) is 5.41 Å². The zero-order valence-corrected chi connectivity index (χ0v) is 19.5. The van der Waals surface area contributed by atoms with Crippen LogP contribution in [0, 0.1) is 11.3 Å². The van der Waals surface area contributed by atoms with Gasteiger partial charge in [0.15, 0.2) is 5.96 Å². The molecule has 2 fully saturated rings. The molecular weight excluding hydrogens is 439 g/mol. The molecule has 2 rings (SSSR count). The van der Waals surface area contributed by atoms with E-state index >= 15 is 0 Å². The van der Waals surface area contributed by atoms with Crippen molar-refractivity contribution in [3.63, 3.8) is 0 Å². The SMILES string of the molecule is CN=C(NCCCCN1CCOCC1)NCC1(CC(C)C)CCCC1.I. The molecule has 0 aromatic rings. The predicted octanol–water partition coefficient (Wildman–Crippen LogP) is 3.49. The van der Waals surface area contributed by atoms with Gasteiger partial charge in [-0.1, -0.05) is 26.7 Å². The molecule has 2 aliphatic rings. The summed E-state index contributed by atoms with van der Waals surface area (Å²) in [7, 11) is 1.88. The average molecular weight is 480 g/mol. The number of aliphatic imine (C=N–C) groups is 1. The van der Waals surface area contributed by atoms with Crippen molar-refractivity contribution in [3.8, 4) is 0 Å². The number of ether oxygens (including phenoxy) is 1. The molecule has 0 aromatic carbocycles. The van der Waals surface area contributed by atoms with Crippen LogP contribution in [0.25, 0.3) is 0 Å². The molecule has 1 aliphatic heterocycles. The number of unbranched alkanes of at least 4 members (excludes halogenated alkanes) is 1. The molecule has 1 saturated heterocycles. The molecule has 0 atom stereocenters. The molecule has 0 bridgehead atoms. The van der Waals surface area contributed by atoms with Gasteiger partial charge in [-0.25, -0.2) is 0 Å². The van der Waals surface area contributed by atoms with E-state index in [1.54, 1.807) is 0 Å². The van der Waals surface area contributed by atoms with E-state index in [4.69, 9.17) is 4.74 Å². The predicted molar refractivity (Wildman–Crippen MR) is 122 cm³/mol. The lowest BCUT2D eigenvalue weighted by Crippen LogP contribution is -2.43. The van der Waals surface area contributed by atoms with Gasteiger partial charge in [0.05, 0.1) is 13.2 Å². The van der Waals surface area contributed by atoms with Gasteiger partial charge < -0.3 is 15.4 Å². The zero-order valence-electron chi connectivity index (χ0n) is 17.2. The smallest absolute Gasteiger partial charge is 0.190 e. The van der Waals surface area contributed by atoms with Crippen LogP contribution in [0.5, 0.6) is 0 Å². The molecule has 1 aliphatic carbocycles. The minimum absolute atomic E-state index is 0. The summed E-state index contributed by atoms with van der Waals surface area (Å²) in [6.07, 6.45) is 9.28. The lowest BCUT2D eigenvalue weighted by atomic mass is 9.78. The Kier molecular flexibility index (Phi) is 12.1. The first-order valence-corrected chi connectivity index (χ1v) is 10.4. The van der Waals surface area contributed by atoms with Gasteiger partial charge in [0.25, 0.3) is 0 Å². The summed E-state index contributed by atoms with van der Waals surface area (Å²) in [5.74, 6) is 1.75. The van der Waals surface area contributed by atoms with Crippen LogP contribution < -0.4 is 10.6 Å². The van der Waals surface area contributed by atoms with E-state index < -0.39 is 0 Å². The van der Waals surface area contributed by atoms with E-state index in [-0.39, 0.29) is 24.0 Å². The van der Waals surface area contributed by atoms with Gasteiger partial charge in [0, 0.05) is 33.2 Å². The maximum absolute atomic E-state index is 5.40. The Morgan fingerprint density at radius 3 is 2.42 bits per heavy atom. The number of guanidine groups is 1. The zero-order chi connectivity index (χ0) is 18.0. The maximum Gasteiger partial charge on any atom is 0.190 e. The summed E-state index contributed by atoms with van der Waals surface area (Å²) in [6, 6.07) is 0. The fraction of sp³-hybridized carbons (Fsp3) is 0.950. The van der Waals surface area contributed by atoms with Gasteiger partial charge in [-0.2, -0.15) is 0 Å². The number of hydrogen-bond donors (Lipinski definition) is 2. The van der Waals surface area contributed by atoms with Crippen LogP contribution in [-0.4, -0.2) is 63.8 Å². The molecule has 2 N–H and O–H groups in total. The van der Waals surface area contributed by atoms with E-state index in [9.17, 15) is 0 Å². The highest BCUT2D eigenvalue weighted by atomic mass is 127. The topological polar surface area (TPSA) is 48.9 Å². The van der Waals surface area contributed by atoms with Crippen LogP contribution in [0.3, 0.4) is 0 Å². The van der Waals surface area contributed by atoms with E-state index in [1.807, 2.05) is 7.05 Å². The van der Waals surface area contributed by atoms with Gasteiger partial charge in [0.1, 0.15) is 0 Å². The molecule has 6 heteroatoms. The summed E-state index contributed by atoms with van der Waals surface area (Å²) < 4.78 is 5.40. The third-order valence-electron chi connectivity index (χ3n) is 5.66. The molecule has 0 amide bonds. The lowest BCUT2D eigenvalue weighted by Gasteiger charge is -2.32. The van der Waals surface area contributed by atoms with Gasteiger partial charge in [0.2, 0.25) is 0 Å². The summed E-state index contributed by atoms with van der Waals surface area (Å²) in [4.78, 5) is 6.92. The van der Waals surface area contributed by atoms with Gasteiger partial charge in [-0.3, -0.25) is 9.89 Å². The van der Waals surface area contributed by atoms with Crippen LogP contribution >= 0.6 is 24.0 Å². The Morgan fingerprint density at radius 2 is 1.81 bits per heavy atom. The number of nitrogens with zero attached hydrogens (tertiary/aromatic N) is 2. The minimum Gasteiger partial charge on any atom is -0.379 e. The van der Waals surface area contributed by atoms with Crippen LogP contribution in [0.4, 0.5) is 0 Å². The van der Waals surface area contributed by atoms with Crippen molar-refractivity contribution >= 4 is 29.9 Å². The summed E-state index contributed by atoms with van der Waals surface area (Å²) in [5, 5.41) is 7.11. The third kappa shape index (κ3) is 8.74. The van der Waals surface area contributed by atoms with Gasteiger partial charge in [-0.15, -0.1) is 24.0 Å². The van der Waals surface area contributed by atoms with Crippen LogP contribution in [-0.2, 0) is 4.74 Å². The molecule has 0 unspecified atom stereocenters. The molecule has 154 valence electrons. The van der Waals surface area contributed by atoms with Crippen molar-refractivity contribution in [2.24, 2.45) is 16.3 Å². The molecule has 0 aromatic heterocycles. The standard InChI is InChI=1S/C20H40N4O.HI/c1-18(2)16-20(8-4-5-9-20)17-23-19(21-3)22-10-6-7-11-24-12-14-25-15-13-24;/h18H,4-17H2,1-3H3,(H2,21,22,23);1H. The van der Waals surface area contributed by atoms with Gasteiger partial charge >= 0.3 is 0 Å². The summed E-state index contributed by atoms with van der Waals surface area (Å²) >= 11 is 0. The van der Waals surface area contributed by atoms with Crippen LogP contribution in [0.1, 0.15) is 58.8 Å². The number of morpholine rings is 1. The number of halogens is 1. The Labute approximate surface area is 178 Å². The van der Waals surface area contributed by atoms with Crippen molar-refractivity contribution < 1.29 is 4.74 Å². The highest BCUT2D eigenvalue weighted by Crippen LogP contribution is 2.42. The Bertz CT molecular complexity index is 391.